The fraction of sp³-hybridized carbons (Fsp3) is 0.250. The van der Waals surface area contributed by atoms with Gasteiger partial charge >= 0.3 is 0 Å². The Kier molecular flexibility index (Phi) is 6.05. The van der Waals surface area contributed by atoms with Gasteiger partial charge in [0.15, 0.2) is 0 Å². The average Bonchev–Trinajstić information content (AvgIpc) is 2.45. The highest BCUT2D eigenvalue weighted by Gasteiger charge is 2.03. The lowest BCUT2D eigenvalue weighted by Gasteiger charge is -2.10. The number of rotatable bonds is 4. The number of allylic oxidation sites excluding steroid dienone is 2. The summed E-state index contributed by atoms with van der Waals surface area (Å²) in [5.74, 6) is 5.76. The third-order valence-corrected chi connectivity index (χ3v) is 2.50. The van der Waals surface area contributed by atoms with Crippen molar-refractivity contribution in [2.24, 2.45) is 0 Å². The van der Waals surface area contributed by atoms with Gasteiger partial charge < -0.3 is 10.0 Å². The third kappa shape index (κ3) is 4.99. The number of hydrogen-bond donors (Lipinski definition) is 1. The molecule has 0 fully saturated rings. The van der Waals surface area contributed by atoms with Gasteiger partial charge in [-0.3, -0.25) is 9.78 Å². The zero-order chi connectivity index (χ0) is 15.0. The quantitative estimate of drug-likeness (QED) is 0.518. The summed E-state index contributed by atoms with van der Waals surface area (Å²) in [4.78, 5) is 17.3. The maximum absolute atomic E-state index is 11.8. The van der Waals surface area contributed by atoms with E-state index in [1.54, 1.807) is 19.2 Å². The van der Waals surface area contributed by atoms with Crippen molar-refractivity contribution in [3.63, 3.8) is 0 Å². The number of likely N-dealkylation sites (N-methyl/N-ethyl adjacent to an activating group) is 1. The largest absolute Gasteiger partial charge is 0.506 e. The van der Waals surface area contributed by atoms with E-state index in [0.29, 0.717) is 17.8 Å². The van der Waals surface area contributed by atoms with Crippen LogP contribution in [0.1, 0.15) is 19.0 Å². The summed E-state index contributed by atoms with van der Waals surface area (Å²) in [5.41, 5.74) is 1.21. The molecule has 1 aromatic rings. The van der Waals surface area contributed by atoms with Crippen molar-refractivity contribution in [3.05, 3.63) is 42.8 Å². The van der Waals surface area contributed by atoms with E-state index in [4.69, 9.17) is 5.11 Å². The molecule has 0 unspecified atom stereocenters. The summed E-state index contributed by atoms with van der Waals surface area (Å²) < 4.78 is 0. The van der Waals surface area contributed by atoms with Crippen LogP contribution in [-0.2, 0) is 4.79 Å². The third-order valence-electron chi connectivity index (χ3n) is 2.50. The first-order valence-electron chi connectivity index (χ1n) is 6.27. The molecule has 0 radical (unpaired) electrons. The highest BCUT2D eigenvalue weighted by molar-refractivity contribution is 5.90. The molecule has 1 amide bonds. The van der Waals surface area contributed by atoms with Crippen molar-refractivity contribution in [2.75, 3.05) is 13.6 Å². The molecule has 0 aromatic carbocycles. The predicted molar refractivity (Wildman–Crippen MR) is 79.8 cm³/mol. The second-order valence-corrected chi connectivity index (χ2v) is 4.16. The molecular formula is C16H18N2O2. The van der Waals surface area contributed by atoms with Crippen LogP contribution in [0.25, 0.3) is 5.57 Å². The number of carbonyl (C=O) groups is 1. The van der Waals surface area contributed by atoms with Crippen LogP contribution in [-0.4, -0.2) is 34.5 Å². The number of carbonyl (C=O) groups excluding carboxylic acids is 1. The molecule has 104 valence electrons. The average molecular weight is 270 g/mol. The number of nitrogens with zero attached hydrogens (tertiary/aromatic N) is 2. The number of aromatic nitrogens is 1. The zero-order valence-electron chi connectivity index (χ0n) is 11.8. The Morgan fingerprint density at radius 3 is 2.80 bits per heavy atom. The minimum atomic E-state index is -0.143. The maximum Gasteiger partial charge on any atom is 0.247 e. The van der Waals surface area contributed by atoms with Crippen molar-refractivity contribution in [1.82, 2.24) is 9.88 Å². The highest BCUT2D eigenvalue weighted by Crippen LogP contribution is 2.14. The van der Waals surface area contributed by atoms with E-state index in [-0.39, 0.29) is 11.7 Å². The predicted octanol–water partition coefficient (Wildman–Crippen LogP) is 2.23. The van der Waals surface area contributed by atoms with E-state index in [2.05, 4.69) is 23.4 Å². The van der Waals surface area contributed by atoms with Crippen LogP contribution in [0.3, 0.4) is 0 Å². The minimum absolute atomic E-state index is 0.0934. The molecular weight excluding hydrogens is 252 g/mol. The first-order chi connectivity index (χ1) is 9.54. The molecule has 1 N–H and O–H groups in total. The fourth-order valence-corrected chi connectivity index (χ4v) is 1.34. The maximum atomic E-state index is 11.8. The standard InChI is InChI=1S/C16H18N2O2/c1-4-5-6-11-18(3)16(20)10-7-13(2)15-9-8-14(19)12-17-15/h7-10,12,19H,2,4,11H2,1,3H3/b10-7-. The van der Waals surface area contributed by atoms with E-state index in [1.807, 2.05) is 6.92 Å². The number of amides is 1. The van der Waals surface area contributed by atoms with Crippen LogP contribution in [0.15, 0.2) is 37.1 Å². The Morgan fingerprint density at radius 2 is 2.20 bits per heavy atom. The summed E-state index contributed by atoms with van der Waals surface area (Å²) in [5, 5.41) is 9.15. The molecule has 0 atom stereocenters. The van der Waals surface area contributed by atoms with Crippen molar-refractivity contribution in [3.8, 4) is 17.6 Å². The summed E-state index contributed by atoms with van der Waals surface area (Å²) in [6.07, 6.45) is 5.15. The summed E-state index contributed by atoms with van der Waals surface area (Å²) in [6.45, 7) is 6.20. The monoisotopic (exact) mass is 270 g/mol. The van der Waals surface area contributed by atoms with Crippen molar-refractivity contribution >= 4 is 11.5 Å². The van der Waals surface area contributed by atoms with Gasteiger partial charge in [-0.15, -0.1) is 5.92 Å². The molecule has 0 aliphatic carbocycles. The zero-order valence-corrected chi connectivity index (χ0v) is 11.8. The van der Waals surface area contributed by atoms with Crippen LogP contribution >= 0.6 is 0 Å². The molecule has 0 saturated carbocycles. The van der Waals surface area contributed by atoms with Crippen molar-refractivity contribution < 1.29 is 9.90 Å². The minimum Gasteiger partial charge on any atom is -0.506 e. The highest BCUT2D eigenvalue weighted by atomic mass is 16.3. The van der Waals surface area contributed by atoms with Crippen molar-refractivity contribution in [1.29, 1.82) is 0 Å². The van der Waals surface area contributed by atoms with E-state index >= 15 is 0 Å². The Hall–Kier alpha value is -2.54. The van der Waals surface area contributed by atoms with E-state index in [1.165, 1.54) is 23.2 Å². The van der Waals surface area contributed by atoms with Crippen LogP contribution in [0.5, 0.6) is 5.75 Å². The number of aromatic hydroxyl groups is 1. The lowest BCUT2D eigenvalue weighted by molar-refractivity contribution is -0.124. The molecule has 1 aromatic heterocycles. The van der Waals surface area contributed by atoms with Gasteiger partial charge in [0, 0.05) is 19.5 Å². The Labute approximate surface area is 119 Å². The molecule has 1 rings (SSSR count). The molecule has 0 aliphatic rings. The lowest BCUT2D eigenvalue weighted by atomic mass is 10.2. The Balaban J connectivity index is 2.60. The Morgan fingerprint density at radius 1 is 1.45 bits per heavy atom. The molecule has 0 spiro atoms. The van der Waals surface area contributed by atoms with E-state index < -0.39 is 0 Å². The molecule has 0 aliphatic heterocycles. The lowest BCUT2D eigenvalue weighted by Crippen LogP contribution is -2.24. The van der Waals surface area contributed by atoms with Crippen LogP contribution in [0.4, 0.5) is 0 Å². The Bertz CT molecular complexity index is 562. The summed E-state index contributed by atoms with van der Waals surface area (Å²) in [7, 11) is 1.69. The first-order valence-corrected chi connectivity index (χ1v) is 6.27. The van der Waals surface area contributed by atoms with Crippen LogP contribution in [0, 0.1) is 11.8 Å². The summed E-state index contributed by atoms with van der Waals surface area (Å²) in [6, 6.07) is 3.17. The molecule has 1 heterocycles. The number of hydrogen-bond acceptors (Lipinski definition) is 3. The number of pyridine rings is 1. The van der Waals surface area contributed by atoms with E-state index in [9.17, 15) is 4.79 Å². The normalized spacial score (nSPS) is 9.90. The van der Waals surface area contributed by atoms with Gasteiger partial charge in [-0.25, -0.2) is 0 Å². The second-order valence-electron chi connectivity index (χ2n) is 4.16. The topological polar surface area (TPSA) is 53.4 Å². The van der Waals surface area contributed by atoms with Gasteiger partial charge in [0.05, 0.1) is 18.4 Å². The van der Waals surface area contributed by atoms with Crippen LogP contribution in [0.2, 0.25) is 0 Å². The molecule has 20 heavy (non-hydrogen) atoms. The van der Waals surface area contributed by atoms with Gasteiger partial charge in [-0.05, 0) is 23.8 Å². The molecule has 0 bridgehead atoms. The van der Waals surface area contributed by atoms with Gasteiger partial charge in [-0.1, -0.05) is 19.4 Å². The van der Waals surface area contributed by atoms with Crippen molar-refractivity contribution in [2.45, 2.75) is 13.3 Å². The van der Waals surface area contributed by atoms with Gasteiger partial charge in [0.25, 0.3) is 0 Å². The van der Waals surface area contributed by atoms with Gasteiger partial charge in [-0.2, -0.15) is 0 Å². The summed E-state index contributed by atoms with van der Waals surface area (Å²) >= 11 is 0. The van der Waals surface area contributed by atoms with Gasteiger partial charge in [0.2, 0.25) is 5.91 Å². The second kappa shape index (κ2) is 7.80. The molecule has 4 nitrogen and oxygen atoms in total. The van der Waals surface area contributed by atoms with Crippen LogP contribution < -0.4 is 0 Å². The SMILES string of the molecule is C=C(/C=C\C(=O)N(C)CC#CCC)c1ccc(O)cn1. The first kappa shape index (κ1) is 15.5. The smallest absolute Gasteiger partial charge is 0.247 e. The van der Waals surface area contributed by atoms with E-state index in [0.717, 1.165) is 6.42 Å². The molecule has 4 heteroatoms. The van der Waals surface area contributed by atoms with Gasteiger partial charge in [0.1, 0.15) is 5.75 Å². The fourth-order valence-electron chi connectivity index (χ4n) is 1.34. The molecule has 0 saturated heterocycles.